The first-order valence-electron chi connectivity index (χ1n) is 19.6. The van der Waals surface area contributed by atoms with Crippen molar-refractivity contribution < 1.29 is 0 Å². The van der Waals surface area contributed by atoms with Crippen LogP contribution in [0.15, 0.2) is 237 Å². The summed E-state index contributed by atoms with van der Waals surface area (Å²) in [4.78, 5) is 2.40. The largest absolute Gasteiger partial charge is 0.310 e. The Balaban J connectivity index is 1.11. The predicted octanol–water partition coefficient (Wildman–Crippen LogP) is 15.8. The Morgan fingerprint density at radius 2 is 0.614 bits per heavy atom. The van der Waals surface area contributed by atoms with Crippen molar-refractivity contribution in [2.75, 3.05) is 4.90 Å². The maximum Gasteiger partial charge on any atom is 0.0540 e. The minimum atomic E-state index is 1.09. The molecule has 0 fully saturated rings. The second-order valence-electron chi connectivity index (χ2n) is 14.5. The highest BCUT2D eigenvalue weighted by Gasteiger charge is 2.19. The fraction of sp³-hybridized carbons (Fsp3) is 0. The van der Waals surface area contributed by atoms with E-state index >= 15 is 0 Å². The van der Waals surface area contributed by atoms with Gasteiger partial charge in [-0.05, 0) is 114 Å². The van der Waals surface area contributed by atoms with Crippen molar-refractivity contribution in [3.05, 3.63) is 237 Å². The Morgan fingerprint density at radius 1 is 0.228 bits per heavy atom. The van der Waals surface area contributed by atoms with Crippen molar-refractivity contribution in [2.24, 2.45) is 0 Å². The van der Waals surface area contributed by atoms with Crippen LogP contribution < -0.4 is 4.90 Å². The molecule has 0 saturated heterocycles. The van der Waals surface area contributed by atoms with Crippen LogP contribution in [0.3, 0.4) is 0 Å². The molecule has 0 radical (unpaired) electrons. The Kier molecular flexibility index (Phi) is 8.95. The lowest BCUT2D eigenvalue weighted by Crippen LogP contribution is -2.11. The average molecular weight is 726 g/mol. The van der Waals surface area contributed by atoms with E-state index in [0.29, 0.717) is 0 Å². The van der Waals surface area contributed by atoms with Crippen LogP contribution in [-0.4, -0.2) is 0 Å². The molecule has 1 heteroatoms. The molecule has 0 atom stereocenters. The Morgan fingerprint density at radius 3 is 1.19 bits per heavy atom. The summed E-state index contributed by atoms with van der Waals surface area (Å²) in [7, 11) is 0. The third kappa shape index (κ3) is 6.66. The summed E-state index contributed by atoms with van der Waals surface area (Å²) in [5, 5.41) is 5.06. The standard InChI is InChI=1S/C56H39N/c1-4-14-40(15-5-1)42-24-26-44(27-25-42)47-32-37-56(55(38-47)45-18-8-3-9-19-45)57(49-33-28-43(29-34-49)41-16-6-2-7-17-41)50-35-30-46(31-36-50)54-39-48-20-10-11-21-51(48)52-22-12-13-23-53(52)54/h1-39H. The summed E-state index contributed by atoms with van der Waals surface area (Å²) in [5.74, 6) is 0. The van der Waals surface area contributed by atoms with Crippen LogP contribution in [0, 0.1) is 0 Å². The normalized spacial score (nSPS) is 11.2. The van der Waals surface area contributed by atoms with Gasteiger partial charge < -0.3 is 4.90 Å². The van der Waals surface area contributed by atoms with E-state index in [2.05, 4.69) is 241 Å². The molecule has 0 spiro atoms. The third-order valence-corrected chi connectivity index (χ3v) is 11.1. The number of hydrogen-bond donors (Lipinski definition) is 0. The molecule has 10 rings (SSSR count). The molecular weight excluding hydrogens is 687 g/mol. The van der Waals surface area contributed by atoms with E-state index < -0.39 is 0 Å². The van der Waals surface area contributed by atoms with Crippen LogP contribution in [-0.2, 0) is 0 Å². The van der Waals surface area contributed by atoms with Gasteiger partial charge in [0, 0.05) is 16.9 Å². The summed E-state index contributed by atoms with van der Waals surface area (Å²) in [5.41, 5.74) is 15.2. The summed E-state index contributed by atoms with van der Waals surface area (Å²) >= 11 is 0. The van der Waals surface area contributed by atoms with Crippen LogP contribution in [0.4, 0.5) is 17.1 Å². The highest BCUT2D eigenvalue weighted by Crippen LogP contribution is 2.44. The van der Waals surface area contributed by atoms with Crippen LogP contribution in [0.25, 0.3) is 77.2 Å². The average Bonchev–Trinajstić information content (AvgIpc) is 3.30. The van der Waals surface area contributed by atoms with Crippen LogP contribution >= 0.6 is 0 Å². The predicted molar refractivity (Wildman–Crippen MR) is 243 cm³/mol. The second-order valence-corrected chi connectivity index (χ2v) is 14.5. The maximum atomic E-state index is 2.40. The molecule has 0 saturated carbocycles. The van der Waals surface area contributed by atoms with E-state index in [4.69, 9.17) is 0 Å². The molecule has 0 bridgehead atoms. The quantitative estimate of drug-likeness (QED) is 0.141. The fourth-order valence-electron chi connectivity index (χ4n) is 8.19. The lowest BCUT2D eigenvalue weighted by molar-refractivity contribution is 1.28. The van der Waals surface area contributed by atoms with Gasteiger partial charge >= 0.3 is 0 Å². The fourth-order valence-corrected chi connectivity index (χ4v) is 8.19. The number of hydrogen-bond acceptors (Lipinski definition) is 1. The Bertz CT molecular complexity index is 2950. The number of rotatable bonds is 8. The molecular formula is C56H39N. The summed E-state index contributed by atoms with van der Waals surface area (Å²) < 4.78 is 0. The molecule has 1 nitrogen and oxygen atoms in total. The third-order valence-electron chi connectivity index (χ3n) is 11.1. The number of benzene rings is 10. The van der Waals surface area contributed by atoms with Gasteiger partial charge in [0.1, 0.15) is 0 Å². The van der Waals surface area contributed by atoms with E-state index in [0.717, 1.165) is 22.6 Å². The van der Waals surface area contributed by atoms with Gasteiger partial charge in [-0.15, -0.1) is 0 Å². The van der Waals surface area contributed by atoms with Gasteiger partial charge in [0.05, 0.1) is 5.69 Å². The zero-order valence-corrected chi connectivity index (χ0v) is 31.5. The van der Waals surface area contributed by atoms with E-state index in [9.17, 15) is 0 Å². The molecule has 0 N–H and O–H groups in total. The monoisotopic (exact) mass is 725 g/mol. The van der Waals surface area contributed by atoms with Crippen LogP contribution in [0.2, 0.25) is 0 Å². The highest BCUT2D eigenvalue weighted by molar-refractivity contribution is 6.13. The summed E-state index contributed by atoms with van der Waals surface area (Å²) in [6.07, 6.45) is 0. The Labute approximate surface area is 334 Å². The first-order valence-corrected chi connectivity index (χ1v) is 19.6. The van der Waals surface area contributed by atoms with Gasteiger partial charge in [-0.25, -0.2) is 0 Å². The smallest absolute Gasteiger partial charge is 0.0540 e. The highest BCUT2D eigenvalue weighted by atomic mass is 15.1. The molecule has 10 aromatic carbocycles. The second kappa shape index (κ2) is 15.0. The topological polar surface area (TPSA) is 3.24 Å². The molecule has 10 aromatic rings. The molecule has 0 aromatic heterocycles. The molecule has 0 aliphatic heterocycles. The molecule has 57 heavy (non-hydrogen) atoms. The van der Waals surface area contributed by atoms with Crippen molar-refractivity contribution in [3.63, 3.8) is 0 Å². The van der Waals surface area contributed by atoms with Crippen molar-refractivity contribution in [1.82, 2.24) is 0 Å². The van der Waals surface area contributed by atoms with Gasteiger partial charge in [0.15, 0.2) is 0 Å². The molecule has 0 unspecified atom stereocenters. The first-order chi connectivity index (χ1) is 28.3. The SMILES string of the molecule is c1ccc(-c2ccc(-c3ccc(N(c4ccc(-c5ccccc5)cc4)c4ccc(-c5cc6ccccc6c6ccccc56)cc4)c(-c4ccccc4)c3)cc2)cc1. The number of fused-ring (bicyclic) bond motifs is 3. The van der Waals surface area contributed by atoms with Crippen molar-refractivity contribution in [1.29, 1.82) is 0 Å². The molecule has 0 aliphatic rings. The van der Waals surface area contributed by atoms with Gasteiger partial charge in [0.2, 0.25) is 0 Å². The first kappa shape index (κ1) is 34.0. The lowest BCUT2D eigenvalue weighted by Gasteiger charge is -2.29. The summed E-state index contributed by atoms with van der Waals surface area (Å²) in [6.45, 7) is 0. The van der Waals surface area contributed by atoms with E-state index in [1.165, 1.54) is 71.6 Å². The molecule has 0 heterocycles. The van der Waals surface area contributed by atoms with Crippen molar-refractivity contribution >= 4 is 38.6 Å². The van der Waals surface area contributed by atoms with Gasteiger partial charge in [-0.3, -0.25) is 0 Å². The van der Waals surface area contributed by atoms with E-state index in [1.807, 2.05) is 0 Å². The van der Waals surface area contributed by atoms with Crippen molar-refractivity contribution in [2.45, 2.75) is 0 Å². The minimum Gasteiger partial charge on any atom is -0.310 e. The molecule has 0 amide bonds. The zero-order valence-electron chi connectivity index (χ0n) is 31.5. The van der Waals surface area contributed by atoms with Gasteiger partial charge in [-0.1, -0.05) is 194 Å². The zero-order chi connectivity index (χ0) is 38.0. The maximum absolute atomic E-state index is 2.40. The van der Waals surface area contributed by atoms with Crippen molar-refractivity contribution in [3.8, 4) is 55.6 Å². The molecule has 268 valence electrons. The van der Waals surface area contributed by atoms with E-state index in [-0.39, 0.29) is 0 Å². The lowest BCUT2D eigenvalue weighted by atomic mass is 9.93. The Hall–Kier alpha value is -7.48. The van der Waals surface area contributed by atoms with Crippen LogP contribution in [0.5, 0.6) is 0 Å². The van der Waals surface area contributed by atoms with Gasteiger partial charge in [-0.2, -0.15) is 0 Å². The van der Waals surface area contributed by atoms with E-state index in [1.54, 1.807) is 0 Å². The van der Waals surface area contributed by atoms with Crippen LogP contribution in [0.1, 0.15) is 0 Å². The number of anilines is 3. The summed E-state index contributed by atoms with van der Waals surface area (Å²) in [6, 6.07) is 85.6. The number of nitrogens with zero attached hydrogens (tertiary/aromatic N) is 1. The van der Waals surface area contributed by atoms with Gasteiger partial charge in [0.25, 0.3) is 0 Å². The molecule has 0 aliphatic carbocycles. The minimum absolute atomic E-state index is 1.09.